The van der Waals surface area contributed by atoms with Crippen molar-refractivity contribution in [1.29, 1.82) is 0 Å². The van der Waals surface area contributed by atoms with Crippen LogP contribution in [0.3, 0.4) is 0 Å². The zero-order valence-corrected chi connectivity index (χ0v) is 10.8. The number of nitrogen functional groups attached to an aromatic ring is 1. The number of nitrogens with two attached hydrogens (primary N) is 1. The molecular weight excluding hydrogens is 238 g/mol. The van der Waals surface area contributed by atoms with E-state index in [2.05, 4.69) is 22.5 Å². The van der Waals surface area contributed by atoms with Crippen molar-refractivity contribution in [1.82, 2.24) is 5.43 Å². The number of benzene rings is 2. The smallest absolute Gasteiger partial charge is 0.265 e. The van der Waals surface area contributed by atoms with Gasteiger partial charge in [0.25, 0.3) is 5.91 Å². The molecule has 0 aliphatic carbocycles. The van der Waals surface area contributed by atoms with Crippen LogP contribution in [-0.4, -0.2) is 13.0 Å². The number of hydrogen-bond donors (Lipinski definition) is 2. The largest absolute Gasteiger partial charge is 0.370 e. The van der Waals surface area contributed by atoms with E-state index in [0.29, 0.717) is 5.56 Å². The van der Waals surface area contributed by atoms with Crippen LogP contribution < -0.4 is 16.2 Å². The molecule has 2 aromatic carbocycles. The van der Waals surface area contributed by atoms with E-state index >= 15 is 0 Å². The molecule has 98 valence electrons. The highest BCUT2D eigenvalue weighted by Crippen LogP contribution is 2.15. The molecule has 2 rings (SSSR count). The van der Waals surface area contributed by atoms with Gasteiger partial charge in [0, 0.05) is 24.8 Å². The van der Waals surface area contributed by atoms with E-state index in [-0.39, 0.29) is 5.91 Å². The fourth-order valence-electron chi connectivity index (χ4n) is 1.94. The van der Waals surface area contributed by atoms with Gasteiger partial charge >= 0.3 is 0 Å². The number of hydrogen-bond acceptors (Lipinski definition) is 3. The molecule has 0 saturated heterocycles. The Bertz CT molecular complexity index is 554. The second-order valence-corrected chi connectivity index (χ2v) is 4.37. The molecular formula is C15H17N3O. The summed E-state index contributed by atoms with van der Waals surface area (Å²) in [7, 11) is 2.02. The maximum Gasteiger partial charge on any atom is 0.265 e. The third-order valence-electron chi connectivity index (χ3n) is 2.94. The fourth-order valence-corrected chi connectivity index (χ4v) is 1.94. The van der Waals surface area contributed by atoms with Crippen molar-refractivity contribution in [3.05, 3.63) is 65.7 Å². The second-order valence-electron chi connectivity index (χ2n) is 4.37. The van der Waals surface area contributed by atoms with Crippen molar-refractivity contribution in [3.8, 4) is 0 Å². The number of hydrazine groups is 1. The molecule has 0 heterocycles. The van der Waals surface area contributed by atoms with Crippen molar-refractivity contribution >= 4 is 11.6 Å². The Kier molecular flexibility index (Phi) is 4.15. The monoisotopic (exact) mass is 255 g/mol. The highest BCUT2D eigenvalue weighted by atomic mass is 16.2. The first kappa shape index (κ1) is 13.1. The molecule has 0 unspecified atom stereocenters. The topological polar surface area (TPSA) is 58.4 Å². The average Bonchev–Trinajstić information content (AvgIpc) is 2.47. The number of carbonyl (C=O) groups excluding carboxylic acids is 1. The number of anilines is 1. The maximum absolute atomic E-state index is 11.5. The summed E-state index contributed by atoms with van der Waals surface area (Å²) in [5, 5.41) is 0. The maximum atomic E-state index is 11.5. The molecule has 0 spiro atoms. The van der Waals surface area contributed by atoms with Gasteiger partial charge < -0.3 is 4.90 Å². The van der Waals surface area contributed by atoms with Gasteiger partial charge in [-0.3, -0.25) is 10.2 Å². The van der Waals surface area contributed by atoms with E-state index in [0.717, 1.165) is 17.8 Å². The summed E-state index contributed by atoms with van der Waals surface area (Å²) in [6, 6.07) is 17.5. The van der Waals surface area contributed by atoms with Crippen molar-refractivity contribution < 1.29 is 4.79 Å². The summed E-state index contributed by atoms with van der Waals surface area (Å²) < 4.78 is 0. The summed E-state index contributed by atoms with van der Waals surface area (Å²) in [4.78, 5) is 13.6. The summed E-state index contributed by atoms with van der Waals surface area (Å²) in [6.07, 6.45) is 0. The molecule has 0 saturated carbocycles. The molecule has 0 fully saturated rings. The summed E-state index contributed by atoms with van der Waals surface area (Å²) in [5.41, 5.74) is 4.91. The van der Waals surface area contributed by atoms with Crippen LogP contribution in [-0.2, 0) is 6.54 Å². The van der Waals surface area contributed by atoms with Crippen molar-refractivity contribution in [2.75, 3.05) is 11.9 Å². The molecule has 3 N–H and O–H groups in total. The van der Waals surface area contributed by atoms with Gasteiger partial charge in [-0.15, -0.1) is 0 Å². The summed E-state index contributed by atoms with van der Waals surface area (Å²) in [6.45, 7) is 0.732. The van der Waals surface area contributed by atoms with Crippen LogP contribution >= 0.6 is 0 Å². The van der Waals surface area contributed by atoms with Gasteiger partial charge in [0.05, 0.1) is 0 Å². The lowest BCUT2D eigenvalue weighted by Crippen LogP contribution is -2.30. The van der Waals surface area contributed by atoms with E-state index in [4.69, 9.17) is 5.84 Å². The quantitative estimate of drug-likeness (QED) is 0.498. The van der Waals surface area contributed by atoms with Crippen molar-refractivity contribution in [2.45, 2.75) is 6.54 Å². The molecule has 0 bridgehead atoms. The van der Waals surface area contributed by atoms with Gasteiger partial charge in [0.1, 0.15) is 0 Å². The van der Waals surface area contributed by atoms with Gasteiger partial charge in [0.2, 0.25) is 0 Å². The number of rotatable bonds is 4. The predicted molar refractivity (Wildman–Crippen MR) is 76.6 cm³/mol. The molecule has 2 aromatic rings. The Hall–Kier alpha value is -2.33. The first-order valence-corrected chi connectivity index (χ1v) is 6.07. The SMILES string of the molecule is CN(Cc1cccc(C(=O)NN)c1)c1ccccc1. The Morgan fingerprint density at radius 1 is 1.16 bits per heavy atom. The Morgan fingerprint density at radius 3 is 2.58 bits per heavy atom. The molecule has 0 radical (unpaired) electrons. The number of para-hydroxylation sites is 1. The minimum Gasteiger partial charge on any atom is -0.370 e. The molecule has 4 nitrogen and oxygen atoms in total. The number of carbonyl (C=O) groups is 1. The third kappa shape index (κ3) is 3.33. The minimum atomic E-state index is -0.274. The lowest BCUT2D eigenvalue weighted by atomic mass is 10.1. The van der Waals surface area contributed by atoms with Gasteiger partial charge in [-0.1, -0.05) is 30.3 Å². The number of nitrogens with zero attached hydrogens (tertiary/aromatic N) is 1. The van der Waals surface area contributed by atoms with Crippen molar-refractivity contribution in [3.63, 3.8) is 0 Å². The highest BCUT2D eigenvalue weighted by molar-refractivity contribution is 5.93. The zero-order chi connectivity index (χ0) is 13.7. The summed E-state index contributed by atoms with van der Waals surface area (Å²) >= 11 is 0. The van der Waals surface area contributed by atoms with Gasteiger partial charge in [-0.05, 0) is 29.8 Å². The van der Waals surface area contributed by atoms with Crippen LogP contribution in [0.5, 0.6) is 0 Å². The Labute approximate surface area is 112 Å². The van der Waals surface area contributed by atoms with Crippen molar-refractivity contribution in [2.24, 2.45) is 5.84 Å². The van der Waals surface area contributed by atoms with Crippen LogP contribution in [0.4, 0.5) is 5.69 Å². The van der Waals surface area contributed by atoms with Crippen LogP contribution in [0.2, 0.25) is 0 Å². The predicted octanol–water partition coefficient (Wildman–Crippen LogP) is 1.93. The lowest BCUT2D eigenvalue weighted by Gasteiger charge is -2.19. The van der Waals surface area contributed by atoms with E-state index < -0.39 is 0 Å². The molecule has 0 aliphatic heterocycles. The Balaban J connectivity index is 2.13. The highest BCUT2D eigenvalue weighted by Gasteiger charge is 2.06. The van der Waals surface area contributed by atoms with Gasteiger partial charge in [-0.25, -0.2) is 5.84 Å². The van der Waals surface area contributed by atoms with E-state index in [1.54, 1.807) is 6.07 Å². The molecule has 0 aromatic heterocycles. The number of nitrogens with one attached hydrogen (secondary N) is 1. The van der Waals surface area contributed by atoms with Crippen LogP contribution in [0, 0.1) is 0 Å². The molecule has 4 heteroatoms. The number of amides is 1. The summed E-state index contributed by atoms with van der Waals surface area (Å²) in [5.74, 6) is 4.86. The molecule has 0 atom stereocenters. The lowest BCUT2D eigenvalue weighted by molar-refractivity contribution is 0.0953. The van der Waals surface area contributed by atoms with E-state index in [1.807, 2.05) is 43.4 Å². The van der Waals surface area contributed by atoms with Crippen LogP contribution in [0.15, 0.2) is 54.6 Å². The van der Waals surface area contributed by atoms with Gasteiger partial charge in [-0.2, -0.15) is 0 Å². The fraction of sp³-hybridized carbons (Fsp3) is 0.133. The van der Waals surface area contributed by atoms with E-state index in [1.165, 1.54) is 0 Å². The molecule has 0 aliphatic rings. The first-order valence-electron chi connectivity index (χ1n) is 6.07. The Morgan fingerprint density at radius 2 is 1.89 bits per heavy atom. The van der Waals surface area contributed by atoms with Crippen LogP contribution in [0.25, 0.3) is 0 Å². The third-order valence-corrected chi connectivity index (χ3v) is 2.94. The minimum absolute atomic E-state index is 0.274. The van der Waals surface area contributed by atoms with Crippen LogP contribution in [0.1, 0.15) is 15.9 Å². The van der Waals surface area contributed by atoms with Gasteiger partial charge in [0.15, 0.2) is 0 Å². The second kappa shape index (κ2) is 6.02. The molecule has 19 heavy (non-hydrogen) atoms. The normalized spacial score (nSPS) is 10.0. The first-order chi connectivity index (χ1) is 9.20. The average molecular weight is 255 g/mol. The standard InChI is InChI=1S/C15H17N3O/c1-18(14-8-3-2-4-9-14)11-12-6-5-7-13(10-12)15(19)17-16/h2-10H,11,16H2,1H3,(H,17,19). The van der Waals surface area contributed by atoms with E-state index in [9.17, 15) is 4.79 Å². The molecule has 1 amide bonds. The zero-order valence-electron chi connectivity index (χ0n) is 10.8.